The van der Waals surface area contributed by atoms with Crippen LogP contribution in [0.25, 0.3) is 0 Å². The number of hydrogen-bond donors (Lipinski definition) is 1. The zero-order chi connectivity index (χ0) is 28.1. The van der Waals surface area contributed by atoms with Crippen LogP contribution in [0.4, 0.5) is 0 Å². The summed E-state index contributed by atoms with van der Waals surface area (Å²) in [4.78, 5) is 72.7. The Hall–Kier alpha value is -4.32. The molecule has 12 nitrogen and oxygen atoms in total. The van der Waals surface area contributed by atoms with Gasteiger partial charge in [0.1, 0.15) is 24.6 Å². The van der Waals surface area contributed by atoms with Gasteiger partial charge in [-0.05, 0) is 12.1 Å². The highest BCUT2D eigenvalue weighted by Crippen LogP contribution is 2.32. The summed E-state index contributed by atoms with van der Waals surface area (Å²) in [7, 11) is 0. The molecule has 12 heteroatoms. The molecule has 0 amide bonds. The molecule has 1 aromatic rings. The maximum atomic E-state index is 13.0. The van der Waals surface area contributed by atoms with Crippen LogP contribution in [-0.4, -0.2) is 77.7 Å². The lowest BCUT2D eigenvalue weighted by molar-refractivity contribution is -0.244. The molecule has 0 bridgehead atoms. The standard InChI is InChI=1S/C26H26O12/c1-12(27)34-11-21-25(36-14(3)29)26(37-15(4)30)24(35-13(2)28)20(38-21)9-8-16-10-19(32)17-6-5-7-18(31)22(17)23(16)33/h5-10,20-21,24-26,31H,11H2,1-4H3/t20-,21+,24-,25+,26+/m0/s1. The molecule has 202 valence electrons. The molecule has 0 aromatic heterocycles. The predicted molar refractivity (Wildman–Crippen MR) is 126 cm³/mol. The second-order valence-corrected chi connectivity index (χ2v) is 8.52. The first-order valence-corrected chi connectivity index (χ1v) is 11.5. The van der Waals surface area contributed by atoms with Crippen LogP contribution in [0.2, 0.25) is 0 Å². The highest BCUT2D eigenvalue weighted by Gasteiger charge is 2.51. The minimum Gasteiger partial charge on any atom is -0.507 e. The SMILES string of the molecule is CC(=O)OC[C@H]1O[C@@H](C=CC2=CC(=O)c3cccc(O)c3C2=O)[C@H](OC(C)=O)[C@@H](OC(C)=O)[C@@H]1OC(C)=O. The summed E-state index contributed by atoms with van der Waals surface area (Å²) in [6, 6.07) is 4.12. The van der Waals surface area contributed by atoms with Gasteiger partial charge in [0, 0.05) is 38.8 Å². The summed E-state index contributed by atoms with van der Waals surface area (Å²) < 4.78 is 27.0. The van der Waals surface area contributed by atoms with Crippen molar-refractivity contribution in [3.05, 3.63) is 53.1 Å². The number of aromatic hydroxyl groups is 1. The van der Waals surface area contributed by atoms with E-state index in [1.165, 1.54) is 30.4 Å². The van der Waals surface area contributed by atoms with E-state index in [9.17, 15) is 33.9 Å². The van der Waals surface area contributed by atoms with Crippen molar-refractivity contribution in [1.29, 1.82) is 0 Å². The Morgan fingerprint density at radius 1 is 0.895 bits per heavy atom. The summed E-state index contributed by atoms with van der Waals surface area (Å²) >= 11 is 0. The normalized spacial score (nSPS) is 24.7. The number of benzene rings is 1. The van der Waals surface area contributed by atoms with E-state index in [0.717, 1.165) is 33.8 Å². The zero-order valence-electron chi connectivity index (χ0n) is 21.0. The zero-order valence-corrected chi connectivity index (χ0v) is 21.0. The summed E-state index contributed by atoms with van der Waals surface area (Å²) in [5.41, 5.74) is -0.225. The summed E-state index contributed by atoms with van der Waals surface area (Å²) in [5.74, 6) is -4.53. The number of esters is 4. The Bertz CT molecular complexity index is 1230. The van der Waals surface area contributed by atoms with Gasteiger partial charge in [0.15, 0.2) is 29.9 Å². The van der Waals surface area contributed by atoms with Crippen LogP contribution in [0.3, 0.4) is 0 Å². The van der Waals surface area contributed by atoms with Gasteiger partial charge in [0.2, 0.25) is 0 Å². The van der Waals surface area contributed by atoms with Crippen LogP contribution >= 0.6 is 0 Å². The Balaban J connectivity index is 2.02. The van der Waals surface area contributed by atoms with Crippen molar-refractivity contribution in [2.24, 2.45) is 0 Å². The number of ether oxygens (including phenoxy) is 5. The number of hydrogen-bond acceptors (Lipinski definition) is 12. The molecule has 1 aliphatic carbocycles. The lowest BCUT2D eigenvalue weighted by Crippen LogP contribution is -2.61. The molecule has 5 atom stereocenters. The van der Waals surface area contributed by atoms with Crippen molar-refractivity contribution >= 4 is 35.4 Å². The molecular formula is C26H26O12. The quantitative estimate of drug-likeness (QED) is 0.398. The average Bonchev–Trinajstić information content (AvgIpc) is 2.81. The number of rotatable bonds is 7. The molecule has 1 aromatic carbocycles. The van der Waals surface area contributed by atoms with Gasteiger partial charge in [0.25, 0.3) is 0 Å². The molecule has 0 radical (unpaired) electrons. The lowest BCUT2D eigenvalue weighted by Gasteiger charge is -2.43. The Kier molecular flexibility index (Phi) is 8.79. The van der Waals surface area contributed by atoms with Crippen LogP contribution in [0.15, 0.2) is 42.0 Å². The fourth-order valence-corrected chi connectivity index (χ4v) is 4.15. The van der Waals surface area contributed by atoms with Crippen molar-refractivity contribution in [3.8, 4) is 5.75 Å². The maximum Gasteiger partial charge on any atom is 0.303 e. The lowest BCUT2D eigenvalue weighted by atomic mass is 9.88. The molecule has 1 heterocycles. The largest absolute Gasteiger partial charge is 0.507 e. The highest BCUT2D eigenvalue weighted by molar-refractivity contribution is 6.26. The van der Waals surface area contributed by atoms with Crippen molar-refractivity contribution in [1.82, 2.24) is 0 Å². The van der Waals surface area contributed by atoms with Gasteiger partial charge in [0.05, 0.1) is 5.56 Å². The molecule has 1 saturated heterocycles. The van der Waals surface area contributed by atoms with Gasteiger partial charge < -0.3 is 28.8 Å². The van der Waals surface area contributed by atoms with E-state index in [-0.39, 0.29) is 22.4 Å². The maximum absolute atomic E-state index is 13.0. The molecular weight excluding hydrogens is 504 g/mol. The first-order chi connectivity index (χ1) is 17.9. The predicted octanol–water partition coefficient (Wildman–Crippen LogP) is 1.38. The van der Waals surface area contributed by atoms with Gasteiger partial charge in [-0.15, -0.1) is 0 Å². The number of Topliss-reactive ketones (excluding diaryl/α,β-unsaturated/α-hetero) is 1. The molecule has 0 saturated carbocycles. The number of ketones is 2. The highest BCUT2D eigenvalue weighted by atomic mass is 16.7. The van der Waals surface area contributed by atoms with E-state index in [0.29, 0.717) is 0 Å². The van der Waals surface area contributed by atoms with E-state index in [4.69, 9.17) is 23.7 Å². The van der Waals surface area contributed by atoms with Crippen LogP contribution in [0.1, 0.15) is 48.4 Å². The van der Waals surface area contributed by atoms with Crippen molar-refractivity contribution in [2.45, 2.75) is 58.2 Å². The third-order valence-electron chi connectivity index (χ3n) is 5.58. The second kappa shape index (κ2) is 11.8. The van der Waals surface area contributed by atoms with Gasteiger partial charge in [-0.1, -0.05) is 24.3 Å². The fraction of sp³-hybridized carbons (Fsp3) is 0.385. The number of fused-ring (bicyclic) bond motifs is 1. The molecule has 3 rings (SSSR count). The molecule has 1 fully saturated rings. The van der Waals surface area contributed by atoms with E-state index in [1.807, 2.05) is 0 Å². The summed E-state index contributed by atoms with van der Waals surface area (Å²) in [6.45, 7) is 4.04. The smallest absolute Gasteiger partial charge is 0.303 e. The Morgan fingerprint density at radius 2 is 1.50 bits per heavy atom. The Morgan fingerprint density at radius 3 is 2.11 bits per heavy atom. The third kappa shape index (κ3) is 6.51. The van der Waals surface area contributed by atoms with E-state index in [2.05, 4.69) is 0 Å². The Labute approximate surface area is 217 Å². The van der Waals surface area contributed by atoms with Gasteiger partial charge in [-0.25, -0.2) is 0 Å². The molecule has 1 N–H and O–H groups in total. The van der Waals surface area contributed by atoms with Crippen LogP contribution in [0.5, 0.6) is 5.75 Å². The van der Waals surface area contributed by atoms with Crippen molar-refractivity contribution in [3.63, 3.8) is 0 Å². The van der Waals surface area contributed by atoms with E-state index >= 15 is 0 Å². The number of carbonyl (C=O) groups is 6. The number of phenols is 1. The topological polar surface area (TPSA) is 169 Å². The minimum absolute atomic E-state index is 0.0412. The van der Waals surface area contributed by atoms with E-state index < -0.39 is 72.6 Å². The fourth-order valence-electron chi connectivity index (χ4n) is 4.15. The van der Waals surface area contributed by atoms with Crippen molar-refractivity contribution < 1.29 is 57.6 Å². The molecule has 0 unspecified atom stereocenters. The van der Waals surface area contributed by atoms with Crippen LogP contribution in [-0.2, 0) is 42.9 Å². The molecule has 2 aliphatic rings. The number of phenolic OH excluding ortho intramolecular Hbond substituents is 1. The summed E-state index contributed by atoms with van der Waals surface area (Å²) in [5, 5.41) is 10.1. The monoisotopic (exact) mass is 530 g/mol. The van der Waals surface area contributed by atoms with Crippen LogP contribution in [0, 0.1) is 0 Å². The third-order valence-corrected chi connectivity index (χ3v) is 5.58. The minimum atomic E-state index is -1.38. The summed E-state index contributed by atoms with van der Waals surface area (Å²) in [6.07, 6.45) is -2.86. The molecule has 0 spiro atoms. The van der Waals surface area contributed by atoms with Crippen molar-refractivity contribution in [2.75, 3.05) is 6.61 Å². The van der Waals surface area contributed by atoms with Gasteiger partial charge in [-0.3, -0.25) is 28.8 Å². The number of allylic oxidation sites excluding steroid dienone is 3. The number of carbonyl (C=O) groups excluding carboxylic acids is 6. The molecule has 1 aliphatic heterocycles. The van der Waals surface area contributed by atoms with Crippen LogP contribution < -0.4 is 0 Å². The molecule has 38 heavy (non-hydrogen) atoms. The van der Waals surface area contributed by atoms with E-state index in [1.54, 1.807) is 0 Å². The first-order valence-electron chi connectivity index (χ1n) is 11.5. The van der Waals surface area contributed by atoms with Gasteiger partial charge in [-0.2, -0.15) is 0 Å². The average molecular weight is 530 g/mol. The van der Waals surface area contributed by atoms with Gasteiger partial charge >= 0.3 is 23.9 Å². The first kappa shape index (κ1) is 28.3. The second-order valence-electron chi connectivity index (χ2n) is 8.52.